The second kappa shape index (κ2) is 10.8. The monoisotopic (exact) mass is 511 g/mol. The Morgan fingerprint density at radius 2 is 1.69 bits per heavy atom. The zero-order valence-electron chi connectivity index (χ0n) is 20.0. The third kappa shape index (κ3) is 6.23. The topological polar surface area (TPSA) is 78.5 Å². The molecule has 8 heteroatoms. The van der Waals surface area contributed by atoms with Gasteiger partial charge < -0.3 is 5.32 Å². The standard InChI is InChI=1S/C27H30ClN3O3S/c1-19-7-5-10-25(20(19)2)30-35(33,34)26-16-23(11-12-24(26)28)27(32)29-17-21-8-6-9-22(15-21)18-31-13-3-4-14-31/h5-12,15-16,30H,3-4,13-14,17-18H2,1-2H3,(H,29,32). The van der Waals surface area contributed by atoms with Crippen LogP contribution in [0.15, 0.2) is 65.6 Å². The van der Waals surface area contributed by atoms with Crippen molar-refractivity contribution < 1.29 is 13.2 Å². The Morgan fingerprint density at radius 1 is 0.971 bits per heavy atom. The third-order valence-electron chi connectivity index (χ3n) is 6.38. The summed E-state index contributed by atoms with van der Waals surface area (Å²) in [5.41, 5.74) is 4.71. The van der Waals surface area contributed by atoms with Crippen LogP contribution in [0.2, 0.25) is 5.02 Å². The molecule has 184 valence electrons. The van der Waals surface area contributed by atoms with Crippen LogP contribution in [-0.2, 0) is 23.1 Å². The van der Waals surface area contributed by atoms with Gasteiger partial charge in [-0.25, -0.2) is 8.42 Å². The normalized spacial score (nSPS) is 14.1. The van der Waals surface area contributed by atoms with Crippen LogP contribution >= 0.6 is 11.6 Å². The van der Waals surface area contributed by atoms with E-state index in [-0.39, 0.29) is 21.4 Å². The van der Waals surface area contributed by atoms with Crippen molar-refractivity contribution >= 4 is 33.2 Å². The van der Waals surface area contributed by atoms with Crippen LogP contribution in [0.25, 0.3) is 0 Å². The number of aryl methyl sites for hydroxylation is 1. The lowest BCUT2D eigenvalue weighted by Gasteiger charge is -2.15. The van der Waals surface area contributed by atoms with Crippen LogP contribution < -0.4 is 10.0 Å². The van der Waals surface area contributed by atoms with Gasteiger partial charge in [0.25, 0.3) is 15.9 Å². The molecule has 0 atom stereocenters. The molecule has 35 heavy (non-hydrogen) atoms. The first-order valence-corrected chi connectivity index (χ1v) is 13.6. The molecule has 3 aromatic carbocycles. The SMILES string of the molecule is Cc1cccc(NS(=O)(=O)c2cc(C(=O)NCc3cccc(CN4CCCC4)c3)ccc2Cl)c1C. The molecular weight excluding hydrogens is 482 g/mol. The summed E-state index contributed by atoms with van der Waals surface area (Å²) < 4.78 is 28.8. The molecule has 0 aliphatic carbocycles. The molecule has 0 radical (unpaired) electrons. The van der Waals surface area contributed by atoms with Gasteiger partial charge in [0.15, 0.2) is 0 Å². The van der Waals surface area contributed by atoms with Crippen molar-refractivity contribution in [1.82, 2.24) is 10.2 Å². The number of nitrogens with zero attached hydrogens (tertiary/aromatic N) is 1. The minimum Gasteiger partial charge on any atom is -0.348 e. The lowest BCUT2D eigenvalue weighted by Crippen LogP contribution is -2.24. The zero-order valence-corrected chi connectivity index (χ0v) is 21.5. The molecule has 0 unspecified atom stereocenters. The van der Waals surface area contributed by atoms with Crippen LogP contribution in [-0.4, -0.2) is 32.3 Å². The molecule has 0 spiro atoms. The Kier molecular flexibility index (Phi) is 7.79. The van der Waals surface area contributed by atoms with E-state index in [1.54, 1.807) is 12.1 Å². The average molecular weight is 512 g/mol. The third-order valence-corrected chi connectivity index (χ3v) is 8.23. The molecule has 4 rings (SSSR count). The van der Waals surface area contributed by atoms with Crippen LogP contribution in [0.5, 0.6) is 0 Å². The summed E-state index contributed by atoms with van der Waals surface area (Å²) in [5, 5.41) is 2.94. The highest BCUT2D eigenvalue weighted by molar-refractivity contribution is 7.92. The highest BCUT2D eigenvalue weighted by Crippen LogP contribution is 2.27. The van der Waals surface area contributed by atoms with E-state index in [9.17, 15) is 13.2 Å². The Bertz CT molecular complexity index is 1340. The number of anilines is 1. The number of benzene rings is 3. The summed E-state index contributed by atoms with van der Waals surface area (Å²) in [5.74, 6) is -0.366. The maximum atomic E-state index is 13.1. The molecule has 1 aliphatic heterocycles. The molecule has 6 nitrogen and oxygen atoms in total. The molecular formula is C27H30ClN3O3S. The van der Waals surface area contributed by atoms with Gasteiger partial charge in [-0.1, -0.05) is 48.0 Å². The quantitative estimate of drug-likeness (QED) is 0.431. The first-order chi connectivity index (χ1) is 16.7. The van der Waals surface area contributed by atoms with Crippen LogP contribution in [0.1, 0.15) is 45.5 Å². The Labute approximate surface area is 212 Å². The highest BCUT2D eigenvalue weighted by Gasteiger charge is 2.21. The maximum absolute atomic E-state index is 13.1. The minimum atomic E-state index is -3.99. The van der Waals surface area contributed by atoms with Crippen LogP contribution in [0.4, 0.5) is 5.69 Å². The number of nitrogens with one attached hydrogen (secondary N) is 2. The number of halogens is 1. The number of carbonyl (C=O) groups is 1. The molecule has 1 amide bonds. The fraction of sp³-hybridized carbons (Fsp3) is 0.296. The van der Waals surface area contributed by atoms with Gasteiger partial charge in [-0.3, -0.25) is 14.4 Å². The molecule has 0 bridgehead atoms. The Hall–Kier alpha value is -2.87. The van der Waals surface area contributed by atoms with Gasteiger partial charge >= 0.3 is 0 Å². The van der Waals surface area contributed by atoms with E-state index in [1.807, 2.05) is 32.0 Å². The number of sulfonamides is 1. The predicted octanol–water partition coefficient (Wildman–Crippen LogP) is 5.28. The second-order valence-corrected chi connectivity index (χ2v) is 11.0. The second-order valence-electron chi connectivity index (χ2n) is 8.98. The maximum Gasteiger partial charge on any atom is 0.263 e. The summed E-state index contributed by atoms with van der Waals surface area (Å²) in [6, 6.07) is 17.8. The smallest absolute Gasteiger partial charge is 0.263 e. The van der Waals surface area contributed by atoms with Crippen molar-refractivity contribution in [3.05, 3.63) is 93.5 Å². The molecule has 1 fully saturated rings. The number of rotatable bonds is 8. The number of hydrogen-bond donors (Lipinski definition) is 2. The van der Waals surface area contributed by atoms with Gasteiger partial charge in [0.1, 0.15) is 4.90 Å². The summed E-state index contributed by atoms with van der Waals surface area (Å²) >= 11 is 6.23. The summed E-state index contributed by atoms with van der Waals surface area (Å²) in [6.07, 6.45) is 2.49. The van der Waals surface area contributed by atoms with Gasteiger partial charge in [0, 0.05) is 18.7 Å². The molecule has 2 N–H and O–H groups in total. The largest absolute Gasteiger partial charge is 0.348 e. The van der Waals surface area contributed by atoms with Crippen molar-refractivity contribution in [3.63, 3.8) is 0 Å². The lowest BCUT2D eigenvalue weighted by atomic mass is 10.1. The lowest BCUT2D eigenvalue weighted by molar-refractivity contribution is 0.0950. The number of likely N-dealkylation sites (tertiary alicyclic amines) is 1. The van der Waals surface area contributed by atoms with E-state index in [0.717, 1.165) is 36.3 Å². The van der Waals surface area contributed by atoms with E-state index in [1.165, 1.54) is 36.6 Å². The van der Waals surface area contributed by atoms with Gasteiger partial charge in [0.05, 0.1) is 10.7 Å². The van der Waals surface area contributed by atoms with Gasteiger partial charge in [-0.15, -0.1) is 0 Å². The molecule has 3 aromatic rings. The van der Waals surface area contributed by atoms with Crippen molar-refractivity contribution in [1.29, 1.82) is 0 Å². The first kappa shape index (κ1) is 25.2. The molecule has 0 aromatic heterocycles. The summed E-state index contributed by atoms with van der Waals surface area (Å²) in [6.45, 7) is 7.26. The van der Waals surface area contributed by atoms with Crippen LogP contribution in [0, 0.1) is 13.8 Å². The average Bonchev–Trinajstić information content (AvgIpc) is 3.34. The van der Waals surface area contributed by atoms with Gasteiger partial charge in [0.2, 0.25) is 0 Å². The number of amides is 1. The van der Waals surface area contributed by atoms with Crippen molar-refractivity contribution in [2.24, 2.45) is 0 Å². The van der Waals surface area contributed by atoms with E-state index in [4.69, 9.17) is 11.6 Å². The van der Waals surface area contributed by atoms with Crippen molar-refractivity contribution in [3.8, 4) is 0 Å². The first-order valence-electron chi connectivity index (χ1n) is 11.7. The van der Waals surface area contributed by atoms with Gasteiger partial charge in [-0.2, -0.15) is 0 Å². The predicted molar refractivity (Wildman–Crippen MR) is 140 cm³/mol. The minimum absolute atomic E-state index is 0.0500. The molecule has 1 saturated heterocycles. The number of hydrogen-bond acceptors (Lipinski definition) is 4. The number of carbonyl (C=O) groups excluding carboxylic acids is 1. The van der Waals surface area contributed by atoms with Crippen molar-refractivity contribution in [2.75, 3.05) is 17.8 Å². The van der Waals surface area contributed by atoms with E-state index < -0.39 is 10.0 Å². The van der Waals surface area contributed by atoms with E-state index >= 15 is 0 Å². The summed E-state index contributed by atoms with van der Waals surface area (Å²) in [7, 11) is -3.99. The van der Waals surface area contributed by atoms with Crippen molar-refractivity contribution in [2.45, 2.75) is 44.7 Å². The Balaban J connectivity index is 1.46. The fourth-order valence-electron chi connectivity index (χ4n) is 4.23. The van der Waals surface area contributed by atoms with E-state index in [2.05, 4.69) is 27.1 Å². The summed E-state index contributed by atoms with van der Waals surface area (Å²) in [4.78, 5) is 15.1. The van der Waals surface area contributed by atoms with Crippen LogP contribution in [0.3, 0.4) is 0 Å². The molecule has 1 aliphatic rings. The fourth-order valence-corrected chi connectivity index (χ4v) is 5.88. The van der Waals surface area contributed by atoms with Gasteiger partial charge in [-0.05, 0) is 86.3 Å². The molecule has 1 heterocycles. The van der Waals surface area contributed by atoms with E-state index in [0.29, 0.717) is 12.2 Å². The zero-order chi connectivity index (χ0) is 25.0. The molecule has 0 saturated carbocycles. The Morgan fingerprint density at radius 3 is 2.46 bits per heavy atom. The highest BCUT2D eigenvalue weighted by atomic mass is 35.5.